The molecule has 1 amide bonds. The second kappa shape index (κ2) is 8.19. The van der Waals surface area contributed by atoms with E-state index in [-0.39, 0.29) is 35.3 Å². The number of nitrogens with zero attached hydrogens (tertiary/aromatic N) is 3. The third kappa shape index (κ3) is 4.44. The summed E-state index contributed by atoms with van der Waals surface area (Å²) in [6, 6.07) is 3.95. The zero-order valence-corrected chi connectivity index (χ0v) is 15.2. The lowest BCUT2D eigenvalue weighted by Crippen LogP contribution is -2.15. The number of hydrogen-bond donors (Lipinski definition) is 3. The summed E-state index contributed by atoms with van der Waals surface area (Å²) >= 11 is 12.0. The van der Waals surface area contributed by atoms with E-state index in [1.807, 2.05) is 0 Å². The van der Waals surface area contributed by atoms with Gasteiger partial charge in [-0.25, -0.2) is 4.39 Å². The lowest BCUT2D eigenvalue weighted by Gasteiger charge is -2.11. The van der Waals surface area contributed by atoms with E-state index in [4.69, 9.17) is 33.7 Å². The maximum atomic E-state index is 13.6. The average Bonchev–Trinajstić information content (AvgIpc) is 3.15. The molecule has 0 aliphatic carbocycles. The summed E-state index contributed by atoms with van der Waals surface area (Å²) in [5.74, 6) is -0.915. The predicted octanol–water partition coefficient (Wildman–Crippen LogP) is 3.10. The van der Waals surface area contributed by atoms with Gasteiger partial charge in [-0.05, 0) is 17.7 Å². The van der Waals surface area contributed by atoms with Gasteiger partial charge in [0.15, 0.2) is 17.3 Å². The summed E-state index contributed by atoms with van der Waals surface area (Å²) in [5, 5.41) is 16.6. The molecule has 0 radical (unpaired) electrons. The minimum absolute atomic E-state index is 0.00206. The second-order valence-electron chi connectivity index (χ2n) is 5.34. The number of nitrogen functional groups attached to an aromatic ring is 1. The van der Waals surface area contributed by atoms with Gasteiger partial charge in [-0.1, -0.05) is 23.2 Å². The van der Waals surface area contributed by atoms with Crippen molar-refractivity contribution in [3.63, 3.8) is 0 Å². The van der Waals surface area contributed by atoms with Crippen molar-refractivity contribution in [1.82, 2.24) is 20.4 Å². The molecule has 1 aromatic carbocycles. The van der Waals surface area contributed by atoms with E-state index >= 15 is 0 Å². The predicted molar refractivity (Wildman–Crippen MR) is 98.6 cm³/mol. The second-order valence-corrected chi connectivity index (χ2v) is 6.13. The van der Waals surface area contributed by atoms with Crippen LogP contribution in [0.1, 0.15) is 16.1 Å². The third-order valence-corrected chi connectivity index (χ3v) is 4.29. The molecule has 4 N–H and O–H groups in total. The first kappa shape index (κ1) is 18.9. The van der Waals surface area contributed by atoms with Crippen LogP contribution in [-0.2, 0) is 6.42 Å². The molecule has 0 aliphatic heterocycles. The third-order valence-electron chi connectivity index (χ3n) is 3.52. The van der Waals surface area contributed by atoms with E-state index in [0.29, 0.717) is 16.3 Å². The molecule has 11 heteroatoms. The highest BCUT2D eigenvalue weighted by molar-refractivity contribution is 6.36. The average molecular weight is 411 g/mol. The van der Waals surface area contributed by atoms with E-state index in [9.17, 15) is 9.18 Å². The lowest BCUT2D eigenvalue weighted by atomic mass is 10.1. The van der Waals surface area contributed by atoms with Crippen molar-refractivity contribution in [2.45, 2.75) is 6.42 Å². The van der Waals surface area contributed by atoms with Crippen molar-refractivity contribution in [2.75, 3.05) is 17.7 Å². The number of aromatic amines is 1. The molecule has 0 aliphatic rings. The molecule has 0 saturated heterocycles. The van der Waals surface area contributed by atoms with Crippen LogP contribution in [0.15, 0.2) is 30.6 Å². The van der Waals surface area contributed by atoms with Gasteiger partial charge in [0.2, 0.25) is 0 Å². The van der Waals surface area contributed by atoms with Crippen LogP contribution in [0.2, 0.25) is 10.0 Å². The van der Waals surface area contributed by atoms with Gasteiger partial charge in [0.25, 0.3) is 5.91 Å². The Kier molecular flexibility index (Phi) is 5.72. The Balaban J connectivity index is 1.68. The Hall–Kier alpha value is -2.91. The topological polar surface area (TPSA) is 119 Å². The first-order valence-electron chi connectivity index (χ1n) is 7.64. The maximum Gasteiger partial charge on any atom is 0.276 e. The fourth-order valence-corrected chi connectivity index (χ4v) is 2.75. The van der Waals surface area contributed by atoms with Crippen LogP contribution in [0.25, 0.3) is 0 Å². The minimum atomic E-state index is -0.570. The number of anilines is 2. The zero-order chi connectivity index (χ0) is 19.4. The normalized spacial score (nSPS) is 10.6. The van der Waals surface area contributed by atoms with Gasteiger partial charge in [0.1, 0.15) is 5.82 Å². The Morgan fingerprint density at radius 2 is 2.15 bits per heavy atom. The number of H-pyrrole nitrogens is 1. The summed E-state index contributed by atoms with van der Waals surface area (Å²) < 4.78 is 19.1. The monoisotopic (exact) mass is 410 g/mol. The fourth-order valence-electron chi connectivity index (χ4n) is 2.19. The van der Waals surface area contributed by atoms with Crippen LogP contribution in [0.4, 0.5) is 15.9 Å². The van der Waals surface area contributed by atoms with E-state index in [1.54, 1.807) is 0 Å². The van der Waals surface area contributed by atoms with Crippen LogP contribution in [0.5, 0.6) is 5.75 Å². The number of nitrogens with two attached hydrogens (primary N) is 1. The van der Waals surface area contributed by atoms with Gasteiger partial charge in [-0.2, -0.15) is 5.10 Å². The summed E-state index contributed by atoms with van der Waals surface area (Å²) in [6.45, 7) is 0.0849. The van der Waals surface area contributed by atoms with Crippen molar-refractivity contribution >= 4 is 40.6 Å². The number of benzene rings is 1. The van der Waals surface area contributed by atoms with Crippen molar-refractivity contribution in [3.05, 3.63) is 57.7 Å². The highest BCUT2D eigenvalue weighted by Gasteiger charge is 2.15. The van der Waals surface area contributed by atoms with Crippen molar-refractivity contribution in [1.29, 1.82) is 0 Å². The largest absolute Gasteiger partial charge is 0.489 e. The van der Waals surface area contributed by atoms with E-state index in [1.165, 1.54) is 30.6 Å². The van der Waals surface area contributed by atoms with Crippen LogP contribution in [-0.4, -0.2) is 32.9 Å². The van der Waals surface area contributed by atoms with Crippen molar-refractivity contribution < 1.29 is 13.9 Å². The Morgan fingerprint density at radius 1 is 1.33 bits per heavy atom. The highest BCUT2D eigenvalue weighted by atomic mass is 35.5. The molecule has 3 rings (SSSR count). The summed E-state index contributed by atoms with van der Waals surface area (Å²) in [7, 11) is 0. The zero-order valence-electron chi connectivity index (χ0n) is 13.7. The Bertz CT molecular complexity index is 968. The molecule has 0 saturated carbocycles. The molecule has 0 atom stereocenters. The number of rotatable bonds is 6. The van der Waals surface area contributed by atoms with Crippen LogP contribution in [0.3, 0.4) is 0 Å². The number of aromatic nitrogens is 4. The number of nitrogens with one attached hydrogen (secondary N) is 2. The van der Waals surface area contributed by atoms with Gasteiger partial charge < -0.3 is 15.8 Å². The van der Waals surface area contributed by atoms with Crippen molar-refractivity contribution in [3.8, 4) is 5.75 Å². The molecule has 0 fully saturated rings. The molecule has 3 aromatic rings. The van der Waals surface area contributed by atoms with E-state index < -0.39 is 11.7 Å². The molecule has 0 spiro atoms. The lowest BCUT2D eigenvalue weighted by molar-refractivity contribution is 0.102. The molecule has 140 valence electrons. The minimum Gasteiger partial charge on any atom is -0.489 e. The molecular formula is C16H13Cl2FN6O2. The Morgan fingerprint density at radius 3 is 2.89 bits per heavy atom. The molecule has 27 heavy (non-hydrogen) atoms. The fraction of sp³-hybridized carbons (Fsp3) is 0.125. The number of amides is 1. The molecular weight excluding hydrogens is 398 g/mol. The Labute approximate surface area is 162 Å². The standard InChI is InChI=1S/C16H13Cl2FN6O2/c17-10-1-2-11(19)14(18)9(10)3-4-27-13-5-12(24-25-15(13)20)16(26)23-8-6-21-22-7-8/h1-2,5-7H,3-4H2,(H2,20,25)(H,21,22)(H,23,26). The summed E-state index contributed by atoms with van der Waals surface area (Å²) in [5.41, 5.74) is 6.62. The van der Waals surface area contributed by atoms with Gasteiger partial charge in [0, 0.05) is 23.7 Å². The van der Waals surface area contributed by atoms with Gasteiger partial charge in [0.05, 0.1) is 23.5 Å². The molecule has 2 aromatic heterocycles. The van der Waals surface area contributed by atoms with Crippen molar-refractivity contribution in [2.24, 2.45) is 0 Å². The quantitative estimate of drug-likeness (QED) is 0.537. The highest BCUT2D eigenvalue weighted by Crippen LogP contribution is 2.28. The summed E-state index contributed by atoms with van der Waals surface area (Å²) in [4.78, 5) is 12.2. The molecule has 0 bridgehead atoms. The molecule has 0 unspecified atom stereocenters. The number of halogens is 3. The van der Waals surface area contributed by atoms with E-state index in [2.05, 4.69) is 25.7 Å². The number of hydrogen-bond acceptors (Lipinski definition) is 6. The number of carbonyl (C=O) groups is 1. The molecule has 2 heterocycles. The van der Waals surface area contributed by atoms with Crippen LogP contribution in [0, 0.1) is 5.82 Å². The van der Waals surface area contributed by atoms with Gasteiger partial charge >= 0.3 is 0 Å². The van der Waals surface area contributed by atoms with Gasteiger partial charge in [-0.15, -0.1) is 10.2 Å². The first-order chi connectivity index (χ1) is 13.0. The number of carbonyl (C=O) groups excluding carboxylic acids is 1. The maximum absolute atomic E-state index is 13.6. The molecule has 8 nitrogen and oxygen atoms in total. The smallest absolute Gasteiger partial charge is 0.276 e. The first-order valence-corrected chi connectivity index (χ1v) is 8.40. The number of ether oxygens (including phenoxy) is 1. The van der Waals surface area contributed by atoms with Gasteiger partial charge in [-0.3, -0.25) is 9.89 Å². The SMILES string of the molecule is Nc1nnc(C(=O)Nc2cn[nH]c2)cc1OCCc1c(Cl)ccc(F)c1Cl. The van der Waals surface area contributed by atoms with E-state index in [0.717, 1.165) is 0 Å². The summed E-state index contributed by atoms with van der Waals surface area (Å²) in [6.07, 6.45) is 3.17. The van der Waals surface area contributed by atoms with Crippen LogP contribution < -0.4 is 15.8 Å². The van der Waals surface area contributed by atoms with Crippen LogP contribution >= 0.6 is 23.2 Å².